The second kappa shape index (κ2) is 4.82. The topological polar surface area (TPSA) is 52.1 Å². The molecule has 0 spiro atoms. The molecule has 1 aliphatic heterocycles. The van der Waals surface area contributed by atoms with Gasteiger partial charge in [-0.2, -0.15) is 0 Å². The van der Waals surface area contributed by atoms with Crippen molar-refractivity contribution in [2.24, 2.45) is 5.92 Å². The summed E-state index contributed by atoms with van der Waals surface area (Å²) in [5.74, 6) is 0.150. The van der Waals surface area contributed by atoms with E-state index in [1.165, 1.54) is 11.5 Å². The molecule has 0 aromatic carbocycles. The Hall–Kier alpha value is -0.810. The Kier molecular flexibility index (Phi) is 3.58. The van der Waals surface area contributed by atoms with Crippen molar-refractivity contribution in [2.75, 3.05) is 13.2 Å². The molecule has 1 aromatic heterocycles. The standard InChI is InChI=1S/C12H18N2O2S/c1-12(2,3)11-10(17-14-13-11)9(15)8-5-4-6-16-7-8/h8H,4-7H2,1-3H3. The molecular weight excluding hydrogens is 236 g/mol. The number of rotatable bonds is 2. The SMILES string of the molecule is CC(C)(C)c1nnsc1C(=O)C1CCCOC1. The van der Waals surface area contributed by atoms with Gasteiger partial charge in [0.1, 0.15) is 4.88 Å². The van der Waals surface area contributed by atoms with Crippen molar-refractivity contribution in [3.8, 4) is 0 Å². The highest BCUT2D eigenvalue weighted by Crippen LogP contribution is 2.29. The molecule has 0 amide bonds. The van der Waals surface area contributed by atoms with Gasteiger partial charge in [0.25, 0.3) is 0 Å². The molecule has 0 bridgehead atoms. The molecule has 1 unspecified atom stereocenters. The Balaban J connectivity index is 2.22. The van der Waals surface area contributed by atoms with Crippen LogP contribution < -0.4 is 0 Å². The van der Waals surface area contributed by atoms with E-state index in [-0.39, 0.29) is 17.1 Å². The summed E-state index contributed by atoms with van der Waals surface area (Å²) in [4.78, 5) is 13.1. The summed E-state index contributed by atoms with van der Waals surface area (Å²) < 4.78 is 9.30. The van der Waals surface area contributed by atoms with Crippen molar-refractivity contribution in [3.63, 3.8) is 0 Å². The lowest BCUT2D eigenvalue weighted by Gasteiger charge is -2.22. The first-order valence-corrected chi connectivity index (χ1v) is 6.72. The van der Waals surface area contributed by atoms with E-state index in [2.05, 4.69) is 30.4 Å². The Morgan fingerprint density at radius 1 is 1.47 bits per heavy atom. The summed E-state index contributed by atoms with van der Waals surface area (Å²) in [5.41, 5.74) is 0.686. The van der Waals surface area contributed by atoms with Crippen molar-refractivity contribution < 1.29 is 9.53 Å². The lowest BCUT2D eigenvalue weighted by molar-refractivity contribution is 0.0462. The summed E-state index contributed by atoms with van der Waals surface area (Å²) >= 11 is 1.21. The molecule has 17 heavy (non-hydrogen) atoms. The van der Waals surface area contributed by atoms with Crippen LogP contribution in [0.4, 0.5) is 0 Å². The van der Waals surface area contributed by atoms with Gasteiger partial charge in [0.05, 0.1) is 12.3 Å². The fraction of sp³-hybridized carbons (Fsp3) is 0.750. The molecule has 94 valence electrons. The first-order valence-electron chi connectivity index (χ1n) is 5.95. The molecule has 1 aromatic rings. The minimum atomic E-state index is -0.131. The van der Waals surface area contributed by atoms with Gasteiger partial charge >= 0.3 is 0 Å². The maximum absolute atomic E-state index is 12.4. The highest BCUT2D eigenvalue weighted by molar-refractivity contribution is 7.08. The zero-order valence-electron chi connectivity index (χ0n) is 10.5. The molecule has 5 heteroatoms. The molecule has 2 rings (SSSR count). The molecular formula is C12H18N2O2S. The number of Topliss-reactive ketones (excluding diaryl/α,β-unsaturated/α-hetero) is 1. The van der Waals surface area contributed by atoms with E-state index < -0.39 is 0 Å². The third kappa shape index (κ3) is 2.72. The summed E-state index contributed by atoms with van der Waals surface area (Å²) in [6.07, 6.45) is 1.88. The van der Waals surface area contributed by atoms with Crippen LogP contribution in [0.5, 0.6) is 0 Å². The van der Waals surface area contributed by atoms with Crippen LogP contribution in [0.3, 0.4) is 0 Å². The van der Waals surface area contributed by atoms with E-state index >= 15 is 0 Å². The van der Waals surface area contributed by atoms with E-state index in [4.69, 9.17) is 4.74 Å². The first-order chi connectivity index (χ1) is 8.00. The fourth-order valence-electron chi connectivity index (χ4n) is 1.98. The smallest absolute Gasteiger partial charge is 0.181 e. The third-order valence-electron chi connectivity index (χ3n) is 2.95. The van der Waals surface area contributed by atoms with Crippen LogP contribution in [0, 0.1) is 5.92 Å². The Morgan fingerprint density at radius 2 is 2.24 bits per heavy atom. The number of carbonyl (C=O) groups excluding carboxylic acids is 1. The normalized spacial score (nSPS) is 21.5. The van der Waals surface area contributed by atoms with Gasteiger partial charge in [-0.05, 0) is 24.4 Å². The number of aromatic nitrogens is 2. The molecule has 1 fully saturated rings. The van der Waals surface area contributed by atoms with E-state index in [0.29, 0.717) is 11.5 Å². The van der Waals surface area contributed by atoms with Crippen LogP contribution in [0.15, 0.2) is 0 Å². The molecule has 0 N–H and O–H groups in total. The van der Waals surface area contributed by atoms with Crippen LogP contribution in [-0.4, -0.2) is 28.6 Å². The van der Waals surface area contributed by atoms with Crippen LogP contribution in [0.2, 0.25) is 0 Å². The van der Waals surface area contributed by atoms with E-state index in [0.717, 1.165) is 25.1 Å². The average molecular weight is 254 g/mol. The summed E-state index contributed by atoms with van der Waals surface area (Å²) in [6, 6.07) is 0. The van der Waals surface area contributed by atoms with Crippen LogP contribution >= 0.6 is 11.5 Å². The van der Waals surface area contributed by atoms with Gasteiger partial charge in [0.15, 0.2) is 5.78 Å². The molecule has 0 aliphatic carbocycles. The predicted octanol–water partition coefficient (Wildman–Crippen LogP) is 2.44. The first kappa shape index (κ1) is 12.6. The number of hydrogen-bond donors (Lipinski definition) is 0. The minimum Gasteiger partial charge on any atom is -0.381 e. The quantitative estimate of drug-likeness (QED) is 0.761. The molecule has 1 atom stereocenters. The van der Waals surface area contributed by atoms with Crippen molar-refractivity contribution in [1.29, 1.82) is 0 Å². The second-order valence-corrected chi connectivity index (χ2v) is 6.23. The number of ether oxygens (including phenoxy) is 1. The summed E-state index contributed by atoms with van der Waals surface area (Å²) in [7, 11) is 0. The molecule has 1 aliphatic rings. The Morgan fingerprint density at radius 3 is 2.82 bits per heavy atom. The van der Waals surface area contributed by atoms with Crippen molar-refractivity contribution in [3.05, 3.63) is 10.6 Å². The predicted molar refractivity (Wildman–Crippen MR) is 66.5 cm³/mol. The Labute approximate surface area is 106 Å². The van der Waals surface area contributed by atoms with Crippen molar-refractivity contribution in [2.45, 2.75) is 39.0 Å². The van der Waals surface area contributed by atoms with E-state index in [1.54, 1.807) is 0 Å². The van der Waals surface area contributed by atoms with Gasteiger partial charge in [-0.3, -0.25) is 4.79 Å². The minimum absolute atomic E-state index is 0.00731. The molecule has 4 nitrogen and oxygen atoms in total. The third-order valence-corrected chi connectivity index (χ3v) is 3.69. The van der Waals surface area contributed by atoms with Crippen molar-refractivity contribution in [1.82, 2.24) is 9.59 Å². The Bertz CT molecular complexity index is 403. The van der Waals surface area contributed by atoms with Gasteiger partial charge in [-0.15, -0.1) is 5.10 Å². The number of ketones is 1. The number of carbonyl (C=O) groups is 1. The van der Waals surface area contributed by atoms with Crippen molar-refractivity contribution >= 4 is 17.3 Å². The van der Waals surface area contributed by atoms with Gasteiger partial charge in [-0.1, -0.05) is 25.3 Å². The fourth-order valence-corrected chi connectivity index (χ4v) is 2.87. The molecule has 1 saturated heterocycles. The van der Waals surface area contributed by atoms with Gasteiger partial charge in [0, 0.05) is 17.9 Å². The van der Waals surface area contributed by atoms with Crippen LogP contribution in [0.25, 0.3) is 0 Å². The maximum Gasteiger partial charge on any atom is 0.181 e. The zero-order chi connectivity index (χ0) is 12.5. The highest BCUT2D eigenvalue weighted by atomic mass is 32.1. The van der Waals surface area contributed by atoms with Crippen LogP contribution in [0.1, 0.15) is 49.0 Å². The largest absolute Gasteiger partial charge is 0.381 e. The summed E-state index contributed by atoms with van der Waals surface area (Å²) in [6.45, 7) is 7.48. The van der Waals surface area contributed by atoms with E-state index in [9.17, 15) is 4.79 Å². The molecule has 0 radical (unpaired) electrons. The highest BCUT2D eigenvalue weighted by Gasteiger charge is 2.31. The van der Waals surface area contributed by atoms with Gasteiger partial charge in [-0.25, -0.2) is 0 Å². The number of nitrogens with zero attached hydrogens (tertiary/aromatic N) is 2. The number of hydrogen-bond acceptors (Lipinski definition) is 5. The zero-order valence-corrected chi connectivity index (χ0v) is 11.3. The lowest BCUT2D eigenvalue weighted by Crippen LogP contribution is -2.27. The molecule has 0 saturated carbocycles. The van der Waals surface area contributed by atoms with Gasteiger partial charge in [0.2, 0.25) is 0 Å². The van der Waals surface area contributed by atoms with Gasteiger partial charge < -0.3 is 4.74 Å². The average Bonchev–Trinajstić information content (AvgIpc) is 2.78. The van der Waals surface area contributed by atoms with E-state index in [1.807, 2.05) is 0 Å². The monoisotopic (exact) mass is 254 g/mol. The molecule has 2 heterocycles. The lowest BCUT2D eigenvalue weighted by atomic mass is 9.87. The van der Waals surface area contributed by atoms with Crippen LogP contribution in [-0.2, 0) is 10.2 Å². The maximum atomic E-state index is 12.4. The summed E-state index contributed by atoms with van der Waals surface area (Å²) in [5, 5.41) is 4.11. The second-order valence-electron chi connectivity index (χ2n) is 5.48.